The van der Waals surface area contributed by atoms with E-state index in [1.165, 1.54) is 7.11 Å². The number of ether oxygens (including phenoxy) is 1. The molecule has 2 rings (SSSR count). The fourth-order valence-electron chi connectivity index (χ4n) is 1.38. The molecule has 0 aromatic heterocycles. The van der Waals surface area contributed by atoms with Crippen LogP contribution in [0.15, 0.2) is 34.6 Å². The molecule has 0 fully saturated rings. The van der Waals surface area contributed by atoms with E-state index in [-0.39, 0.29) is 12.5 Å². The predicted octanol–water partition coefficient (Wildman–Crippen LogP) is 0.959. The van der Waals surface area contributed by atoms with Crippen LogP contribution in [0.2, 0.25) is 0 Å². The molecule has 0 aliphatic carbocycles. The standard InChI is InChI=1S/C11H10N2O4/c1-15-13-11-10(12-16-7-6-14)8-4-2-3-5-9(8)17-11/h2-6H,7H2,1H3. The Morgan fingerprint density at radius 2 is 2.18 bits per heavy atom. The highest BCUT2D eigenvalue weighted by Gasteiger charge is 2.28. The quantitative estimate of drug-likeness (QED) is 0.442. The van der Waals surface area contributed by atoms with Crippen molar-refractivity contribution in [3.8, 4) is 5.75 Å². The Balaban J connectivity index is 2.33. The van der Waals surface area contributed by atoms with Crippen molar-refractivity contribution in [2.75, 3.05) is 13.7 Å². The highest BCUT2D eigenvalue weighted by atomic mass is 16.6. The minimum Gasteiger partial charge on any atom is -0.434 e. The summed E-state index contributed by atoms with van der Waals surface area (Å²) in [5.41, 5.74) is 1.15. The Kier molecular flexibility index (Phi) is 3.34. The van der Waals surface area contributed by atoms with Gasteiger partial charge in [-0.05, 0) is 17.3 Å². The van der Waals surface area contributed by atoms with Crippen LogP contribution in [-0.4, -0.2) is 31.6 Å². The third-order valence-corrected chi connectivity index (χ3v) is 2.02. The number of rotatable bonds is 4. The summed E-state index contributed by atoms with van der Waals surface area (Å²) in [6, 6.07) is 7.27. The van der Waals surface area contributed by atoms with Gasteiger partial charge in [-0.1, -0.05) is 17.3 Å². The SMILES string of the molecule is CON=C1Oc2ccccc2C1=NOCC=O. The molecular formula is C11H10N2O4. The van der Waals surface area contributed by atoms with Crippen LogP contribution in [0, 0.1) is 0 Å². The van der Waals surface area contributed by atoms with Gasteiger partial charge in [0.1, 0.15) is 12.9 Å². The molecule has 0 spiro atoms. The van der Waals surface area contributed by atoms with Crippen LogP contribution >= 0.6 is 0 Å². The Morgan fingerprint density at radius 3 is 2.94 bits per heavy atom. The van der Waals surface area contributed by atoms with E-state index in [1.807, 2.05) is 18.2 Å². The number of hydrogen-bond acceptors (Lipinski definition) is 6. The van der Waals surface area contributed by atoms with Gasteiger partial charge in [-0.15, -0.1) is 0 Å². The number of hydrogen-bond donors (Lipinski definition) is 0. The summed E-state index contributed by atoms with van der Waals surface area (Å²) in [5.74, 6) is 0.830. The highest BCUT2D eigenvalue weighted by molar-refractivity contribution is 6.48. The van der Waals surface area contributed by atoms with E-state index < -0.39 is 0 Å². The first-order valence-corrected chi connectivity index (χ1v) is 4.89. The fourth-order valence-corrected chi connectivity index (χ4v) is 1.38. The minimum absolute atomic E-state index is 0.119. The zero-order valence-electron chi connectivity index (χ0n) is 9.12. The van der Waals surface area contributed by atoms with Crippen molar-refractivity contribution in [1.82, 2.24) is 0 Å². The van der Waals surface area contributed by atoms with Crippen molar-refractivity contribution in [2.45, 2.75) is 0 Å². The van der Waals surface area contributed by atoms with Gasteiger partial charge >= 0.3 is 0 Å². The summed E-state index contributed by atoms with van der Waals surface area (Å²) in [6.45, 7) is -0.119. The third-order valence-electron chi connectivity index (χ3n) is 2.02. The number of oxime groups is 2. The van der Waals surface area contributed by atoms with Crippen LogP contribution in [-0.2, 0) is 14.5 Å². The minimum atomic E-state index is -0.119. The van der Waals surface area contributed by atoms with Gasteiger partial charge in [0.15, 0.2) is 18.6 Å². The number of benzene rings is 1. The third kappa shape index (κ3) is 2.25. The molecule has 17 heavy (non-hydrogen) atoms. The Bertz CT molecular complexity index is 482. The summed E-state index contributed by atoms with van der Waals surface area (Å²) in [7, 11) is 1.41. The topological polar surface area (TPSA) is 69.5 Å². The van der Waals surface area contributed by atoms with Crippen LogP contribution in [0.25, 0.3) is 0 Å². The van der Waals surface area contributed by atoms with Crippen molar-refractivity contribution < 1.29 is 19.2 Å². The molecule has 0 N–H and O–H groups in total. The van der Waals surface area contributed by atoms with Gasteiger partial charge < -0.3 is 14.4 Å². The summed E-state index contributed by atoms with van der Waals surface area (Å²) in [5, 5.41) is 7.50. The second kappa shape index (κ2) is 5.11. The monoisotopic (exact) mass is 234 g/mol. The Morgan fingerprint density at radius 1 is 1.35 bits per heavy atom. The van der Waals surface area contributed by atoms with Gasteiger partial charge in [0.2, 0.25) is 0 Å². The van der Waals surface area contributed by atoms with E-state index in [2.05, 4.69) is 15.1 Å². The maximum Gasteiger partial charge on any atom is 0.286 e. The largest absolute Gasteiger partial charge is 0.434 e. The summed E-state index contributed by atoms with van der Waals surface area (Å²) < 4.78 is 5.42. The number of fused-ring (bicyclic) bond motifs is 1. The second-order valence-electron chi connectivity index (χ2n) is 3.08. The highest BCUT2D eigenvalue weighted by Crippen LogP contribution is 2.26. The molecule has 0 saturated heterocycles. The average molecular weight is 234 g/mol. The van der Waals surface area contributed by atoms with Crippen LogP contribution in [0.3, 0.4) is 0 Å². The maximum atomic E-state index is 10.2. The zero-order chi connectivity index (χ0) is 12.1. The molecule has 0 radical (unpaired) electrons. The molecule has 0 bridgehead atoms. The molecule has 1 aliphatic rings. The molecule has 0 amide bonds. The lowest BCUT2D eigenvalue weighted by Crippen LogP contribution is -2.14. The normalized spacial score (nSPS) is 17.7. The van der Waals surface area contributed by atoms with Crippen LogP contribution in [0.1, 0.15) is 5.56 Å². The van der Waals surface area contributed by atoms with E-state index in [0.717, 1.165) is 5.56 Å². The molecule has 1 aromatic rings. The molecule has 6 heteroatoms. The summed E-state index contributed by atoms with van der Waals surface area (Å²) >= 11 is 0. The lowest BCUT2D eigenvalue weighted by atomic mass is 10.1. The molecule has 0 unspecified atom stereocenters. The van der Waals surface area contributed by atoms with Gasteiger partial charge in [0, 0.05) is 0 Å². The van der Waals surface area contributed by atoms with Gasteiger partial charge in [-0.3, -0.25) is 4.79 Å². The number of carbonyl (C=O) groups is 1. The molecule has 6 nitrogen and oxygen atoms in total. The summed E-state index contributed by atoms with van der Waals surface area (Å²) in [4.78, 5) is 19.6. The first-order chi connectivity index (χ1) is 8.36. The summed E-state index contributed by atoms with van der Waals surface area (Å²) in [6.07, 6.45) is 0.610. The number of nitrogens with zero attached hydrogens (tertiary/aromatic N) is 2. The van der Waals surface area contributed by atoms with Crippen LogP contribution in [0.4, 0.5) is 0 Å². The van der Waals surface area contributed by atoms with E-state index in [0.29, 0.717) is 17.7 Å². The molecule has 88 valence electrons. The number of carbonyl (C=O) groups excluding carboxylic acids is 1. The van der Waals surface area contributed by atoms with Crippen LogP contribution in [0.5, 0.6) is 5.75 Å². The van der Waals surface area contributed by atoms with Crippen molar-refractivity contribution in [1.29, 1.82) is 0 Å². The number of para-hydroxylation sites is 1. The predicted molar refractivity (Wildman–Crippen MR) is 60.1 cm³/mol. The second-order valence-corrected chi connectivity index (χ2v) is 3.08. The van der Waals surface area contributed by atoms with Crippen molar-refractivity contribution >= 4 is 17.9 Å². The van der Waals surface area contributed by atoms with E-state index in [4.69, 9.17) is 9.57 Å². The smallest absolute Gasteiger partial charge is 0.286 e. The van der Waals surface area contributed by atoms with E-state index >= 15 is 0 Å². The average Bonchev–Trinajstić information content (AvgIpc) is 2.69. The van der Waals surface area contributed by atoms with Crippen molar-refractivity contribution in [3.05, 3.63) is 29.8 Å². The first kappa shape index (κ1) is 11.1. The molecule has 0 atom stereocenters. The Labute approximate surface area is 97.5 Å². The van der Waals surface area contributed by atoms with Gasteiger partial charge in [0.05, 0.1) is 5.56 Å². The fraction of sp³-hybridized carbons (Fsp3) is 0.182. The van der Waals surface area contributed by atoms with E-state index in [1.54, 1.807) is 6.07 Å². The van der Waals surface area contributed by atoms with Crippen LogP contribution < -0.4 is 4.74 Å². The lowest BCUT2D eigenvalue weighted by molar-refractivity contribution is -0.111. The van der Waals surface area contributed by atoms with Gasteiger partial charge in [0.25, 0.3) is 5.90 Å². The molecular weight excluding hydrogens is 224 g/mol. The molecule has 1 aliphatic heterocycles. The zero-order valence-corrected chi connectivity index (χ0v) is 9.12. The first-order valence-electron chi connectivity index (χ1n) is 4.89. The van der Waals surface area contributed by atoms with Crippen molar-refractivity contribution in [2.24, 2.45) is 10.3 Å². The maximum absolute atomic E-state index is 10.2. The molecule has 1 heterocycles. The lowest BCUT2D eigenvalue weighted by Gasteiger charge is -1.97. The number of aldehydes is 1. The van der Waals surface area contributed by atoms with Crippen molar-refractivity contribution in [3.63, 3.8) is 0 Å². The Hall–Kier alpha value is -2.37. The molecule has 1 aromatic carbocycles. The molecule has 0 saturated carbocycles. The van der Waals surface area contributed by atoms with Gasteiger partial charge in [-0.2, -0.15) is 0 Å². The van der Waals surface area contributed by atoms with E-state index in [9.17, 15) is 4.79 Å². The van der Waals surface area contributed by atoms with Gasteiger partial charge in [-0.25, -0.2) is 0 Å².